The lowest BCUT2D eigenvalue weighted by atomic mass is 10.3. The first-order valence-electron chi connectivity index (χ1n) is 4.32. The van der Waals surface area contributed by atoms with E-state index in [9.17, 15) is 0 Å². The summed E-state index contributed by atoms with van der Waals surface area (Å²) in [6.07, 6.45) is 5.45. The standard InChI is InChI=1S/C10H10ClN3/c1-8-12-4-5-14(8)10-2-3-13-9(6-10)7-11/h2-6H,7H2,1H3. The number of hydrogen-bond acceptors (Lipinski definition) is 2. The van der Waals surface area contributed by atoms with Crippen LogP contribution < -0.4 is 0 Å². The van der Waals surface area contributed by atoms with Gasteiger partial charge in [-0.2, -0.15) is 0 Å². The molecule has 14 heavy (non-hydrogen) atoms. The lowest BCUT2D eigenvalue weighted by molar-refractivity contribution is 0.963. The maximum absolute atomic E-state index is 5.71. The number of imidazole rings is 1. The summed E-state index contributed by atoms with van der Waals surface area (Å²) in [4.78, 5) is 8.29. The fourth-order valence-corrected chi connectivity index (χ4v) is 1.49. The van der Waals surface area contributed by atoms with Gasteiger partial charge >= 0.3 is 0 Å². The van der Waals surface area contributed by atoms with Crippen LogP contribution in [0.25, 0.3) is 5.69 Å². The summed E-state index contributed by atoms with van der Waals surface area (Å²) in [6.45, 7) is 1.96. The summed E-state index contributed by atoms with van der Waals surface area (Å²) < 4.78 is 2.00. The summed E-state index contributed by atoms with van der Waals surface area (Å²) in [5.41, 5.74) is 1.92. The fraction of sp³-hybridized carbons (Fsp3) is 0.200. The van der Waals surface area contributed by atoms with Crippen LogP contribution in [0.3, 0.4) is 0 Å². The Morgan fingerprint density at radius 2 is 2.21 bits per heavy atom. The van der Waals surface area contributed by atoms with Crippen LogP contribution in [-0.2, 0) is 5.88 Å². The van der Waals surface area contributed by atoms with Crippen molar-refractivity contribution in [2.24, 2.45) is 0 Å². The van der Waals surface area contributed by atoms with E-state index in [1.165, 1.54) is 0 Å². The van der Waals surface area contributed by atoms with Crippen molar-refractivity contribution in [1.29, 1.82) is 0 Å². The molecular formula is C10H10ClN3. The predicted octanol–water partition coefficient (Wildman–Crippen LogP) is 2.31. The van der Waals surface area contributed by atoms with Crippen molar-refractivity contribution in [3.05, 3.63) is 42.2 Å². The number of hydrogen-bond donors (Lipinski definition) is 0. The summed E-state index contributed by atoms with van der Waals surface area (Å²) in [7, 11) is 0. The van der Waals surface area contributed by atoms with E-state index < -0.39 is 0 Å². The average molecular weight is 208 g/mol. The quantitative estimate of drug-likeness (QED) is 0.708. The normalized spacial score (nSPS) is 10.4. The van der Waals surface area contributed by atoms with Crippen LogP contribution >= 0.6 is 11.6 Å². The van der Waals surface area contributed by atoms with Crippen LogP contribution in [-0.4, -0.2) is 14.5 Å². The van der Waals surface area contributed by atoms with Crippen LogP contribution in [0.5, 0.6) is 0 Å². The lowest BCUT2D eigenvalue weighted by Gasteiger charge is -2.05. The summed E-state index contributed by atoms with van der Waals surface area (Å²) in [5, 5.41) is 0. The highest BCUT2D eigenvalue weighted by atomic mass is 35.5. The second kappa shape index (κ2) is 3.80. The molecule has 3 nitrogen and oxygen atoms in total. The molecular weight excluding hydrogens is 198 g/mol. The van der Waals surface area contributed by atoms with Crippen molar-refractivity contribution < 1.29 is 0 Å². The van der Waals surface area contributed by atoms with Gasteiger partial charge in [0.1, 0.15) is 5.82 Å². The van der Waals surface area contributed by atoms with E-state index in [1.54, 1.807) is 12.4 Å². The smallest absolute Gasteiger partial charge is 0.110 e. The molecule has 0 bridgehead atoms. The van der Waals surface area contributed by atoms with Gasteiger partial charge < -0.3 is 4.57 Å². The highest BCUT2D eigenvalue weighted by Crippen LogP contribution is 2.11. The molecule has 0 aliphatic heterocycles. The van der Waals surface area contributed by atoms with Gasteiger partial charge in [0.25, 0.3) is 0 Å². The monoisotopic (exact) mass is 207 g/mol. The molecule has 0 saturated heterocycles. The molecule has 0 amide bonds. The first kappa shape index (κ1) is 9.21. The SMILES string of the molecule is Cc1nccn1-c1ccnc(CCl)c1. The van der Waals surface area contributed by atoms with Crippen LogP contribution in [0.15, 0.2) is 30.7 Å². The lowest BCUT2D eigenvalue weighted by Crippen LogP contribution is -1.97. The molecule has 4 heteroatoms. The number of pyridine rings is 1. The Kier molecular flexibility index (Phi) is 2.50. The van der Waals surface area contributed by atoms with Crippen molar-refractivity contribution in [3.8, 4) is 5.69 Å². The molecule has 2 rings (SSSR count). The van der Waals surface area contributed by atoms with E-state index >= 15 is 0 Å². The molecule has 0 N–H and O–H groups in total. The van der Waals surface area contributed by atoms with Crippen LogP contribution in [0.2, 0.25) is 0 Å². The minimum Gasteiger partial charge on any atom is -0.304 e. The zero-order valence-corrected chi connectivity index (χ0v) is 8.57. The Bertz CT molecular complexity index is 436. The maximum Gasteiger partial charge on any atom is 0.110 e. The number of nitrogens with zero attached hydrogens (tertiary/aromatic N) is 3. The Morgan fingerprint density at radius 3 is 2.86 bits per heavy atom. The van der Waals surface area contributed by atoms with E-state index in [4.69, 9.17) is 11.6 Å². The Morgan fingerprint density at radius 1 is 1.36 bits per heavy atom. The molecule has 0 saturated carbocycles. The predicted molar refractivity (Wildman–Crippen MR) is 55.7 cm³/mol. The number of rotatable bonds is 2. The molecule has 2 heterocycles. The van der Waals surface area contributed by atoms with Gasteiger partial charge in [0.05, 0.1) is 17.3 Å². The molecule has 0 unspecified atom stereocenters. The van der Waals surface area contributed by atoms with Gasteiger partial charge in [0.15, 0.2) is 0 Å². The summed E-state index contributed by atoms with van der Waals surface area (Å²) >= 11 is 5.71. The average Bonchev–Trinajstić information content (AvgIpc) is 2.65. The van der Waals surface area contributed by atoms with Crippen molar-refractivity contribution in [2.75, 3.05) is 0 Å². The molecule has 0 spiro atoms. The number of alkyl halides is 1. The molecule has 0 aliphatic rings. The third kappa shape index (κ3) is 1.63. The summed E-state index contributed by atoms with van der Waals surface area (Å²) in [5.74, 6) is 1.39. The largest absolute Gasteiger partial charge is 0.304 e. The molecule has 0 aromatic carbocycles. The number of aryl methyl sites for hydroxylation is 1. The molecule has 2 aromatic rings. The van der Waals surface area contributed by atoms with Crippen molar-refractivity contribution in [1.82, 2.24) is 14.5 Å². The molecule has 0 fully saturated rings. The highest BCUT2D eigenvalue weighted by molar-refractivity contribution is 6.16. The van der Waals surface area contributed by atoms with Crippen LogP contribution in [0.4, 0.5) is 0 Å². The van der Waals surface area contributed by atoms with Gasteiger partial charge in [-0.1, -0.05) is 0 Å². The Balaban J connectivity index is 2.47. The third-order valence-electron chi connectivity index (χ3n) is 2.04. The minimum atomic E-state index is 0.432. The number of halogens is 1. The maximum atomic E-state index is 5.71. The Labute approximate surface area is 87.4 Å². The number of aromatic nitrogens is 3. The molecule has 0 atom stereocenters. The fourth-order valence-electron chi connectivity index (χ4n) is 1.34. The zero-order valence-electron chi connectivity index (χ0n) is 7.81. The summed E-state index contributed by atoms with van der Waals surface area (Å²) in [6, 6.07) is 3.90. The Hall–Kier alpha value is -1.35. The van der Waals surface area contributed by atoms with Gasteiger partial charge in [0.2, 0.25) is 0 Å². The van der Waals surface area contributed by atoms with E-state index in [1.807, 2.05) is 29.8 Å². The second-order valence-corrected chi connectivity index (χ2v) is 3.25. The first-order chi connectivity index (χ1) is 6.81. The van der Waals surface area contributed by atoms with Crippen molar-refractivity contribution >= 4 is 11.6 Å². The zero-order chi connectivity index (χ0) is 9.97. The van der Waals surface area contributed by atoms with Gasteiger partial charge in [-0.15, -0.1) is 11.6 Å². The minimum absolute atomic E-state index is 0.432. The van der Waals surface area contributed by atoms with E-state index in [2.05, 4.69) is 9.97 Å². The first-order valence-corrected chi connectivity index (χ1v) is 4.86. The van der Waals surface area contributed by atoms with Gasteiger partial charge in [0, 0.05) is 18.6 Å². The second-order valence-electron chi connectivity index (χ2n) is 2.98. The molecule has 72 valence electrons. The van der Waals surface area contributed by atoms with Crippen LogP contribution in [0.1, 0.15) is 11.5 Å². The van der Waals surface area contributed by atoms with Crippen LogP contribution in [0, 0.1) is 6.92 Å². The van der Waals surface area contributed by atoms with E-state index in [0.29, 0.717) is 5.88 Å². The highest BCUT2D eigenvalue weighted by Gasteiger charge is 2.01. The van der Waals surface area contributed by atoms with E-state index in [-0.39, 0.29) is 0 Å². The van der Waals surface area contributed by atoms with E-state index in [0.717, 1.165) is 17.2 Å². The van der Waals surface area contributed by atoms with Crippen molar-refractivity contribution in [2.45, 2.75) is 12.8 Å². The third-order valence-corrected chi connectivity index (χ3v) is 2.31. The topological polar surface area (TPSA) is 30.7 Å². The molecule has 0 radical (unpaired) electrons. The molecule has 2 aromatic heterocycles. The molecule has 0 aliphatic carbocycles. The van der Waals surface area contributed by atoms with Gasteiger partial charge in [-0.3, -0.25) is 4.98 Å². The van der Waals surface area contributed by atoms with Gasteiger partial charge in [-0.05, 0) is 19.1 Å². The van der Waals surface area contributed by atoms with Crippen molar-refractivity contribution in [3.63, 3.8) is 0 Å². The van der Waals surface area contributed by atoms with Gasteiger partial charge in [-0.25, -0.2) is 4.98 Å².